The van der Waals surface area contributed by atoms with Crippen LogP contribution in [-0.4, -0.2) is 28.0 Å². The number of benzene rings is 2. The van der Waals surface area contributed by atoms with E-state index in [9.17, 15) is 21.6 Å². The topological polar surface area (TPSA) is 114 Å². The number of halogens is 3. The summed E-state index contributed by atoms with van der Waals surface area (Å²) < 4.78 is 64.8. The van der Waals surface area contributed by atoms with Gasteiger partial charge in [0.15, 0.2) is 11.5 Å². The van der Waals surface area contributed by atoms with E-state index in [1.165, 1.54) is 36.5 Å². The summed E-state index contributed by atoms with van der Waals surface area (Å²) in [5.41, 5.74) is 1.95. The molecule has 12 heteroatoms. The fourth-order valence-corrected chi connectivity index (χ4v) is 4.55. The number of alkyl halides is 3. The van der Waals surface area contributed by atoms with Gasteiger partial charge in [-0.1, -0.05) is 48.5 Å². The molecule has 0 fully saturated rings. The first-order valence-corrected chi connectivity index (χ1v) is 13.1. The lowest BCUT2D eigenvalue weighted by atomic mass is 10.1. The lowest BCUT2D eigenvalue weighted by Gasteiger charge is -2.11. The molecule has 0 aliphatic rings. The van der Waals surface area contributed by atoms with Crippen LogP contribution in [0.25, 0.3) is 22.8 Å². The Hall–Kier alpha value is -5.02. The second kappa shape index (κ2) is 11.8. The number of hydrogen-bond acceptors (Lipinski definition) is 6. The van der Waals surface area contributed by atoms with Crippen LogP contribution in [0.4, 0.5) is 13.2 Å². The largest absolute Gasteiger partial charge is 0.434 e. The van der Waals surface area contributed by atoms with Crippen molar-refractivity contribution >= 4 is 10.0 Å². The van der Waals surface area contributed by atoms with Crippen LogP contribution in [0, 0.1) is 18.3 Å². The van der Waals surface area contributed by atoms with E-state index >= 15 is 0 Å². The van der Waals surface area contributed by atoms with E-state index in [4.69, 9.17) is 5.26 Å². The number of imidazole rings is 1. The Morgan fingerprint density at radius 3 is 2.20 bits per heavy atom. The zero-order valence-electron chi connectivity index (χ0n) is 20.9. The minimum atomic E-state index is -4.73. The third-order valence-electron chi connectivity index (χ3n) is 5.39. The lowest BCUT2D eigenvalue weighted by molar-refractivity contribution is -0.140. The molecule has 3 heterocycles. The number of nitrogens with zero attached hydrogens (tertiary/aromatic N) is 5. The van der Waals surface area contributed by atoms with Gasteiger partial charge in [-0.3, -0.25) is 9.97 Å². The summed E-state index contributed by atoms with van der Waals surface area (Å²) >= 11 is 0. The molecule has 0 unspecified atom stereocenters. The summed E-state index contributed by atoms with van der Waals surface area (Å²) in [5.74, 6) is -0.263. The summed E-state index contributed by atoms with van der Waals surface area (Å²) in [6.45, 7) is 1.73. The molecule has 0 spiro atoms. The standard InChI is InChI=1S/C16H13F3N4O2S.C12H8N2/c1-11-7-8-20-13(9-11)15-21-14(16(17,18)19)10-23(15)22-26(24,25)12-5-3-2-4-6-12;13-9-11-7-4-8-14-12(11)10-5-2-1-3-6-10/h2-10,22H,1H3;1-8H. The molecule has 202 valence electrons. The van der Waals surface area contributed by atoms with Gasteiger partial charge < -0.3 is 0 Å². The molecule has 8 nitrogen and oxygen atoms in total. The molecule has 0 aliphatic heterocycles. The molecule has 0 aliphatic carbocycles. The van der Waals surface area contributed by atoms with E-state index in [0.29, 0.717) is 16.4 Å². The monoisotopic (exact) mass is 562 g/mol. The molecule has 0 saturated carbocycles. The first-order chi connectivity index (χ1) is 19.1. The van der Waals surface area contributed by atoms with Crippen LogP contribution in [-0.2, 0) is 16.2 Å². The van der Waals surface area contributed by atoms with Crippen LogP contribution in [0.3, 0.4) is 0 Å². The Morgan fingerprint density at radius 2 is 1.57 bits per heavy atom. The fourth-order valence-electron chi connectivity index (χ4n) is 3.53. The van der Waals surface area contributed by atoms with Crippen molar-refractivity contribution in [1.82, 2.24) is 19.6 Å². The summed E-state index contributed by atoms with van der Waals surface area (Å²) in [6.07, 6.45) is -1.05. The maximum Gasteiger partial charge on any atom is 0.434 e. The average molecular weight is 563 g/mol. The molecule has 3 aromatic heterocycles. The number of rotatable bonds is 5. The summed E-state index contributed by atoms with van der Waals surface area (Å²) in [5, 5.41) is 8.89. The number of aryl methyl sites for hydroxylation is 1. The molecular weight excluding hydrogens is 541 g/mol. The highest BCUT2D eigenvalue weighted by Crippen LogP contribution is 2.30. The number of sulfonamides is 1. The molecule has 5 rings (SSSR count). The first-order valence-electron chi connectivity index (χ1n) is 11.7. The Kier molecular flexibility index (Phi) is 8.26. The lowest BCUT2D eigenvalue weighted by Crippen LogP contribution is -2.23. The number of hydrogen-bond donors (Lipinski definition) is 1. The zero-order valence-corrected chi connectivity index (χ0v) is 21.7. The SMILES string of the molecule is Cc1ccnc(-c2nc(C(F)(F)F)cn2NS(=O)(=O)c2ccccc2)c1.N#Cc1cccnc1-c1ccccc1. The van der Waals surface area contributed by atoms with Crippen molar-refractivity contribution in [2.75, 3.05) is 4.83 Å². The summed E-state index contributed by atoms with van der Waals surface area (Å²) in [6, 6.07) is 25.8. The second-order valence-corrected chi connectivity index (χ2v) is 9.98. The Balaban J connectivity index is 0.000000222. The summed E-state index contributed by atoms with van der Waals surface area (Å²) in [7, 11) is -4.11. The van der Waals surface area contributed by atoms with E-state index in [-0.39, 0.29) is 16.4 Å². The first kappa shape index (κ1) is 28.0. The van der Waals surface area contributed by atoms with E-state index in [1.54, 1.807) is 37.4 Å². The predicted molar refractivity (Wildman–Crippen MR) is 143 cm³/mol. The van der Waals surface area contributed by atoms with Crippen molar-refractivity contribution in [2.24, 2.45) is 0 Å². The van der Waals surface area contributed by atoms with Gasteiger partial charge in [0, 0.05) is 18.0 Å². The minimum absolute atomic E-state index is 0.0922. The number of pyridine rings is 2. The van der Waals surface area contributed by atoms with Crippen molar-refractivity contribution in [3.05, 3.63) is 120 Å². The molecular formula is C28H21F3N6O2S. The molecule has 1 N–H and O–H groups in total. The molecule has 40 heavy (non-hydrogen) atoms. The number of aromatic nitrogens is 4. The Labute approximate surface area is 228 Å². The van der Waals surface area contributed by atoms with Gasteiger partial charge in [-0.25, -0.2) is 14.5 Å². The van der Waals surface area contributed by atoms with Crippen LogP contribution in [0.2, 0.25) is 0 Å². The van der Waals surface area contributed by atoms with Crippen LogP contribution in [0.1, 0.15) is 16.8 Å². The molecule has 0 radical (unpaired) electrons. The maximum atomic E-state index is 13.1. The van der Waals surface area contributed by atoms with Crippen LogP contribution < -0.4 is 4.83 Å². The van der Waals surface area contributed by atoms with Gasteiger partial charge in [0.05, 0.1) is 22.3 Å². The number of nitriles is 1. The molecule has 0 atom stereocenters. The molecule has 2 aromatic carbocycles. The van der Waals surface area contributed by atoms with Gasteiger partial charge in [-0.2, -0.15) is 26.9 Å². The molecule has 5 aromatic rings. The highest BCUT2D eigenvalue weighted by Gasteiger charge is 2.36. The van der Waals surface area contributed by atoms with E-state index < -0.39 is 21.9 Å². The van der Waals surface area contributed by atoms with Gasteiger partial charge in [0.2, 0.25) is 0 Å². The highest BCUT2D eigenvalue weighted by molar-refractivity contribution is 7.92. The van der Waals surface area contributed by atoms with Crippen LogP contribution in [0.5, 0.6) is 0 Å². The average Bonchev–Trinajstić information content (AvgIpc) is 3.38. The maximum absolute atomic E-state index is 13.1. The van der Waals surface area contributed by atoms with Gasteiger partial charge in [0.25, 0.3) is 10.0 Å². The fraction of sp³-hybridized carbons (Fsp3) is 0.0714. The Morgan fingerprint density at radius 1 is 0.900 bits per heavy atom. The molecule has 0 saturated heterocycles. The second-order valence-electron chi connectivity index (χ2n) is 8.32. The van der Waals surface area contributed by atoms with E-state index in [1.807, 2.05) is 30.3 Å². The Bertz CT molecular complexity index is 1750. The van der Waals surface area contributed by atoms with E-state index in [0.717, 1.165) is 16.8 Å². The third-order valence-corrected chi connectivity index (χ3v) is 6.72. The number of nitrogens with one attached hydrogen (secondary N) is 1. The minimum Gasteiger partial charge on any atom is -0.255 e. The zero-order chi connectivity index (χ0) is 28.8. The van der Waals surface area contributed by atoms with Gasteiger partial charge >= 0.3 is 6.18 Å². The van der Waals surface area contributed by atoms with Gasteiger partial charge in [0.1, 0.15) is 11.8 Å². The van der Waals surface area contributed by atoms with Crippen molar-refractivity contribution in [1.29, 1.82) is 5.26 Å². The van der Waals surface area contributed by atoms with Crippen molar-refractivity contribution in [2.45, 2.75) is 18.0 Å². The predicted octanol–water partition coefficient (Wildman–Crippen LogP) is 5.83. The summed E-state index contributed by atoms with van der Waals surface area (Å²) in [4.78, 5) is 13.7. The van der Waals surface area contributed by atoms with E-state index in [2.05, 4.69) is 25.9 Å². The quantitative estimate of drug-likeness (QED) is 0.289. The smallest absolute Gasteiger partial charge is 0.255 e. The van der Waals surface area contributed by atoms with Crippen molar-refractivity contribution < 1.29 is 21.6 Å². The van der Waals surface area contributed by atoms with Crippen molar-refractivity contribution in [3.8, 4) is 28.8 Å². The van der Waals surface area contributed by atoms with Gasteiger partial charge in [-0.05, 0) is 48.9 Å². The molecule has 0 amide bonds. The van der Waals surface area contributed by atoms with Crippen molar-refractivity contribution in [3.63, 3.8) is 0 Å². The highest BCUT2D eigenvalue weighted by atomic mass is 32.2. The molecule has 0 bridgehead atoms. The van der Waals surface area contributed by atoms with Gasteiger partial charge in [-0.15, -0.1) is 0 Å². The van der Waals surface area contributed by atoms with Crippen LogP contribution >= 0.6 is 0 Å². The van der Waals surface area contributed by atoms with Crippen LogP contribution in [0.15, 0.2) is 108 Å². The normalized spacial score (nSPS) is 11.2. The third kappa shape index (κ3) is 6.69.